The Morgan fingerprint density at radius 1 is 1.65 bits per heavy atom. The molecule has 0 bridgehead atoms. The van der Waals surface area contributed by atoms with Crippen molar-refractivity contribution in [3.63, 3.8) is 0 Å². The molecule has 1 aliphatic rings. The van der Waals surface area contributed by atoms with Gasteiger partial charge in [0.1, 0.15) is 0 Å². The van der Waals surface area contributed by atoms with Crippen LogP contribution < -0.4 is 5.32 Å². The zero-order chi connectivity index (χ0) is 12.7. The van der Waals surface area contributed by atoms with Gasteiger partial charge in [-0.3, -0.25) is 4.21 Å². The fourth-order valence-electron chi connectivity index (χ4n) is 1.87. The molecule has 1 heterocycles. The Bertz CT molecular complexity index is 240. The number of aliphatic hydroxyl groups is 1. The lowest BCUT2D eigenvalue weighted by atomic mass is 10.3. The highest BCUT2D eigenvalue weighted by atomic mass is 32.2. The minimum absolute atomic E-state index is 0.0458. The molecule has 0 aliphatic carbocycles. The van der Waals surface area contributed by atoms with Gasteiger partial charge < -0.3 is 19.9 Å². The van der Waals surface area contributed by atoms with E-state index < -0.39 is 16.9 Å². The van der Waals surface area contributed by atoms with Crippen molar-refractivity contribution in [1.29, 1.82) is 0 Å². The van der Waals surface area contributed by atoms with Crippen LogP contribution in [0.15, 0.2) is 0 Å². The third-order valence-corrected chi connectivity index (χ3v) is 4.87. The molecular weight excluding hydrogens is 242 g/mol. The Labute approximate surface area is 105 Å². The molecule has 0 amide bonds. The summed E-state index contributed by atoms with van der Waals surface area (Å²) in [5.74, 6) is 0.318. The molecule has 1 fully saturated rings. The van der Waals surface area contributed by atoms with Crippen molar-refractivity contribution in [3.05, 3.63) is 0 Å². The fraction of sp³-hybridized carbons (Fsp3) is 1.00. The van der Waals surface area contributed by atoms with Gasteiger partial charge in [0, 0.05) is 37.6 Å². The standard InChI is InChI=1S/C11H23NO4S/c1-9-11(3-5-16-9)17(14)8-10(13)7-12-4-6-15-2/h9-13H,3-8H2,1-2H3. The predicted molar refractivity (Wildman–Crippen MR) is 67.6 cm³/mol. The van der Waals surface area contributed by atoms with Crippen LogP contribution in [0.2, 0.25) is 0 Å². The van der Waals surface area contributed by atoms with Gasteiger partial charge in [-0.15, -0.1) is 0 Å². The van der Waals surface area contributed by atoms with E-state index in [1.165, 1.54) is 0 Å². The molecule has 1 aliphatic heterocycles. The van der Waals surface area contributed by atoms with Crippen LogP contribution in [0.5, 0.6) is 0 Å². The van der Waals surface area contributed by atoms with Crippen molar-refractivity contribution in [3.8, 4) is 0 Å². The Hall–Kier alpha value is -0.0100. The lowest BCUT2D eigenvalue weighted by Gasteiger charge is -2.17. The van der Waals surface area contributed by atoms with Gasteiger partial charge in [0.2, 0.25) is 0 Å². The van der Waals surface area contributed by atoms with Crippen LogP contribution in [-0.4, -0.2) is 65.9 Å². The molecule has 1 saturated heterocycles. The van der Waals surface area contributed by atoms with E-state index in [1.54, 1.807) is 7.11 Å². The van der Waals surface area contributed by atoms with Gasteiger partial charge in [0.15, 0.2) is 0 Å². The number of rotatable bonds is 8. The average Bonchev–Trinajstić information content (AvgIpc) is 2.71. The quantitative estimate of drug-likeness (QED) is 0.580. The van der Waals surface area contributed by atoms with E-state index in [1.807, 2.05) is 6.92 Å². The lowest BCUT2D eigenvalue weighted by molar-refractivity contribution is 0.126. The van der Waals surface area contributed by atoms with Crippen LogP contribution in [0.1, 0.15) is 13.3 Å². The fourth-order valence-corrected chi connectivity index (χ4v) is 3.48. The first kappa shape index (κ1) is 15.0. The third kappa shape index (κ3) is 5.44. The van der Waals surface area contributed by atoms with E-state index in [-0.39, 0.29) is 11.4 Å². The number of hydrogen-bond donors (Lipinski definition) is 2. The van der Waals surface area contributed by atoms with Gasteiger partial charge in [-0.2, -0.15) is 0 Å². The summed E-state index contributed by atoms with van der Waals surface area (Å²) in [4.78, 5) is 0. The van der Waals surface area contributed by atoms with E-state index in [0.717, 1.165) is 6.42 Å². The van der Waals surface area contributed by atoms with Crippen molar-refractivity contribution in [2.24, 2.45) is 0 Å². The van der Waals surface area contributed by atoms with Gasteiger partial charge in [0.05, 0.1) is 29.8 Å². The topological polar surface area (TPSA) is 67.8 Å². The number of nitrogens with one attached hydrogen (secondary N) is 1. The predicted octanol–water partition coefficient (Wildman–Crippen LogP) is -0.491. The second-order valence-corrected chi connectivity index (χ2v) is 6.00. The van der Waals surface area contributed by atoms with Gasteiger partial charge >= 0.3 is 0 Å². The van der Waals surface area contributed by atoms with Crippen molar-refractivity contribution in [2.45, 2.75) is 30.8 Å². The molecule has 0 radical (unpaired) electrons. The number of hydrogen-bond acceptors (Lipinski definition) is 5. The van der Waals surface area contributed by atoms with Crippen LogP contribution >= 0.6 is 0 Å². The highest BCUT2D eigenvalue weighted by molar-refractivity contribution is 7.85. The third-order valence-electron chi connectivity index (χ3n) is 2.86. The number of aliphatic hydroxyl groups excluding tert-OH is 1. The summed E-state index contributed by atoms with van der Waals surface area (Å²) >= 11 is 0. The van der Waals surface area contributed by atoms with E-state index in [0.29, 0.717) is 32.1 Å². The molecule has 0 aromatic heterocycles. The Morgan fingerprint density at radius 3 is 3.00 bits per heavy atom. The molecular formula is C11H23NO4S. The zero-order valence-corrected chi connectivity index (χ0v) is 11.4. The largest absolute Gasteiger partial charge is 0.391 e. The monoisotopic (exact) mass is 265 g/mol. The first-order valence-corrected chi connectivity index (χ1v) is 7.40. The molecule has 102 valence electrons. The molecule has 17 heavy (non-hydrogen) atoms. The van der Waals surface area contributed by atoms with Crippen LogP contribution in [0, 0.1) is 0 Å². The van der Waals surface area contributed by atoms with E-state index in [4.69, 9.17) is 9.47 Å². The zero-order valence-electron chi connectivity index (χ0n) is 10.6. The van der Waals surface area contributed by atoms with Crippen molar-refractivity contribution in [2.75, 3.05) is 39.2 Å². The Kier molecular flexibility index (Phi) is 7.22. The summed E-state index contributed by atoms with van der Waals surface area (Å²) in [5.41, 5.74) is 0. The summed E-state index contributed by atoms with van der Waals surface area (Å²) in [6.07, 6.45) is 0.308. The molecule has 0 spiro atoms. The second-order valence-electron chi connectivity index (χ2n) is 4.30. The minimum atomic E-state index is -1.01. The van der Waals surface area contributed by atoms with Crippen LogP contribution in [0.4, 0.5) is 0 Å². The van der Waals surface area contributed by atoms with E-state index in [2.05, 4.69) is 5.32 Å². The molecule has 2 N–H and O–H groups in total. The Morgan fingerprint density at radius 2 is 2.41 bits per heavy atom. The summed E-state index contributed by atoms with van der Waals surface area (Å²) in [7, 11) is 0.625. The summed E-state index contributed by atoms with van der Waals surface area (Å²) < 4.78 is 22.2. The molecule has 0 aromatic rings. The number of methoxy groups -OCH3 is 1. The van der Waals surface area contributed by atoms with Gasteiger partial charge in [-0.05, 0) is 13.3 Å². The molecule has 5 nitrogen and oxygen atoms in total. The Balaban J connectivity index is 2.16. The van der Waals surface area contributed by atoms with Crippen LogP contribution in [-0.2, 0) is 20.3 Å². The maximum absolute atomic E-state index is 12.0. The SMILES string of the molecule is COCCNCC(O)CS(=O)C1CCOC1C. The van der Waals surface area contributed by atoms with E-state index >= 15 is 0 Å². The molecule has 6 heteroatoms. The maximum Gasteiger partial charge on any atom is 0.0779 e. The summed E-state index contributed by atoms with van der Waals surface area (Å²) in [5, 5.41) is 12.9. The van der Waals surface area contributed by atoms with Crippen LogP contribution in [0.25, 0.3) is 0 Å². The molecule has 0 aromatic carbocycles. The van der Waals surface area contributed by atoms with Gasteiger partial charge in [-0.25, -0.2) is 0 Å². The first-order chi connectivity index (χ1) is 8.15. The average molecular weight is 265 g/mol. The summed E-state index contributed by atoms with van der Waals surface area (Å²) in [6, 6.07) is 0. The highest BCUT2D eigenvalue weighted by Crippen LogP contribution is 2.19. The highest BCUT2D eigenvalue weighted by Gasteiger charge is 2.30. The maximum atomic E-state index is 12.0. The molecule has 1 rings (SSSR count). The number of ether oxygens (including phenoxy) is 2. The van der Waals surface area contributed by atoms with Crippen molar-refractivity contribution in [1.82, 2.24) is 5.32 Å². The molecule has 4 unspecified atom stereocenters. The van der Waals surface area contributed by atoms with Gasteiger partial charge in [-0.1, -0.05) is 0 Å². The minimum Gasteiger partial charge on any atom is -0.391 e. The van der Waals surface area contributed by atoms with Crippen LogP contribution in [0.3, 0.4) is 0 Å². The lowest BCUT2D eigenvalue weighted by Crippen LogP contribution is -2.36. The van der Waals surface area contributed by atoms with E-state index in [9.17, 15) is 9.32 Å². The molecule has 0 saturated carbocycles. The smallest absolute Gasteiger partial charge is 0.0779 e. The molecule has 4 atom stereocenters. The normalized spacial score (nSPS) is 28.2. The van der Waals surface area contributed by atoms with Crippen molar-refractivity contribution < 1.29 is 18.8 Å². The second kappa shape index (κ2) is 8.16. The van der Waals surface area contributed by atoms with Gasteiger partial charge in [0.25, 0.3) is 0 Å². The van der Waals surface area contributed by atoms with Crippen molar-refractivity contribution >= 4 is 10.8 Å². The first-order valence-electron chi connectivity index (χ1n) is 6.01. The summed E-state index contributed by atoms with van der Waals surface area (Å²) in [6.45, 7) is 4.39.